The highest BCUT2D eigenvalue weighted by atomic mass is 19.4. The minimum absolute atomic E-state index is 0.000200. The largest absolute Gasteiger partial charge is 0.416 e. The molecule has 90 valence electrons. The minimum atomic E-state index is -4.28. The molecule has 0 aliphatic rings. The average Bonchev–Trinajstić information content (AvgIpc) is 2.80. The number of alkyl halides is 3. The van der Waals surface area contributed by atoms with Crippen molar-refractivity contribution in [3.63, 3.8) is 0 Å². The molecule has 2 nitrogen and oxygen atoms in total. The van der Waals surface area contributed by atoms with E-state index in [0.717, 1.165) is 23.4 Å². The van der Waals surface area contributed by atoms with Crippen molar-refractivity contribution in [2.45, 2.75) is 19.0 Å². The van der Waals surface area contributed by atoms with E-state index >= 15 is 0 Å². The van der Waals surface area contributed by atoms with Gasteiger partial charge in [-0.05, 0) is 17.7 Å². The van der Waals surface area contributed by atoms with E-state index in [0.29, 0.717) is 0 Å². The first-order chi connectivity index (χ1) is 7.98. The number of hydrogen-bond acceptors (Lipinski definition) is 1. The summed E-state index contributed by atoms with van der Waals surface area (Å²) >= 11 is 0. The van der Waals surface area contributed by atoms with Crippen LogP contribution in [0.4, 0.5) is 13.2 Å². The van der Waals surface area contributed by atoms with E-state index in [1.165, 1.54) is 12.1 Å². The number of nitrogens with one attached hydrogen (secondary N) is 1. The highest BCUT2D eigenvalue weighted by Crippen LogP contribution is 2.31. The van der Waals surface area contributed by atoms with Crippen LogP contribution in [-0.2, 0) is 6.18 Å². The number of H-pyrrole nitrogens is 1. The van der Waals surface area contributed by atoms with Crippen molar-refractivity contribution in [3.8, 4) is 0 Å². The highest BCUT2D eigenvalue weighted by molar-refractivity contribution is 5.30. The average molecular weight is 240 g/mol. The molecule has 0 radical (unpaired) electrons. The summed E-state index contributed by atoms with van der Waals surface area (Å²) in [5.74, 6) is -0.000200. The SMILES string of the molecule is CC(c1ccc(C(F)(F)F)cc1)c1cnc[nH]1. The third kappa shape index (κ3) is 2.49. The second-order valence-corrected chi connectivity index (χ2v) is 3.85. The summed E-state index contributed by atoms with van der Waals surface area (Å²) < 4.78 is 37.1. The van der Waals surface area contributed by atoms with Crippen molar-refractivity contribution in [1.82, 2.24) is 9.97 Å². The van der Waals surface area contributed by atoms with Crippen molar-refractivity contribution in [3.05, 3.63) is 53.6 Å². The third-order valence-corrected chi connectivity index (χ3v) is 2.72. The molecule has 1 N–H and O–H groups in total. The molecular formula is C12H11F3N2. The summed E-state index contributed by atoms with van der Waals surface area (Å²) in [6.45, 7) is 1.91. The molecule has 0 fully saturated rings. The second kappa shape index (κ2) is 4.24. The van der Waals surface area contributed by atoms with Crippen LogP contribution in [0.2, 0.25) is 0 Å². The predicted molar refractivity (Wildman–Crippen MR) is 57.5 cm³/mol. The summed E-state index contributed by atoms with van der Waals surface area (Å²) in [6.07, 6.45) is -1.06. The number of nitrogens with zero attached hydrogens (tertiary/aromatic N) is 1. The molecule has 1 aromatic heterocycles. The monoisotopic (exact) mass is 240 g/mol. The van der Waals surface area contributed by atoms with Gasteiger partial charge in [0.25, 0.3) is 0 Å². The molecule has 17 heavy (non-hydrogen) atoms. The number of hydrogen-bond donors (Lipinski definition) is 1. The lowest BCUT2D eigenvalue weighted by atomic mass is 9.97. The Morgan fingerprint density at radius 2 is 1.82 bits per heavy atom. The van der Waals surface area contributed by atoms with Crippen molar-refractivity contribution in [1.29, 1.82) is 0 Å². The quantitative estimate of drug-likeness (QED) is 0.853. The molecule has 2 rings (SSSR count). The molecule has 0 aliphatic heterocycles. The fourth-order valence-electron chi connectivity index (χ4n) is 1.64. The highest BCUT2D eigenvalue weighted by Gasteiger charge is 2.30. The zero-order chi connectivity index (χ0) is 12.5. The van der Waals surface area contributed by atoms with Gasteiger partial charge in [-0.15, -0.1) is 0 Å². The van der Waals surface area contributed by atoms with Crippen LogP contribution in [0.15, 0.2) is 36.8 Å². The molecule has 5 heteroatoms. The lowest BCUT2D eigenvalue weighted by Gasteiger charge is -2.11. The number of rotatable bonds is 2. The smallest absolute Gasteiger partial charge is 0.348 e. The molecule has 1 atom stereocenters. The standard InChI is InChI=1S/C12H11F3N2/c1-8(11-6-16-7-17-11)9-2-4-10(5-3-9)12(13,14)15/h2-8H,1H3,(H,16,17). The summed E-state index contributed by atoms with van der Waals surface area (Å²) in [5.41, 5.74) is 1.07. The van der Waals surface area contributed by atoms with E-state index in [1.807, 2.05) is 6.92 Å². The lowest BCUT2D eigenvalue weighted by molar-refractivity contribution is -0.137. The summed E-state index contributed by atoms with van der Waals surface area (Å²) in [5, 5.41) is 0. The zero-order valence-electron chi connectivity index (χ0n) is 9.12. The van der Waals surface area contributed by atoms with E-state index < -0.39 is 11.7 Å². The Morgan fingerprint density at radius 1 is 1.18 bits per heavy atom. The van der Waals surface area contributed by atoms with Gasteiger partial charge in [0.15, 0.2) is 0 Å². The van der Waals surface area contributed by atoms with E-state index in [2.05, 4.69) is 9.97 Å². The van der Waals surface area contributed by atoms with E-state index in [9.17, 15) is 13.2 Å². The van der Waals surface area contributed by atoms with Gasteiger partial charge in [0, 0.05) is 17.8 Å². The molecule has 0 bridgehead atoms. The Bertz CT molecular complexity index is 471. The number of aromatic amines is 1. The molecule has 0 saturated heterocycles. The van der Waals surface area contributed by atoms with Gasteiger partial charge in [0.2, 0.25) is 0 Å². The summed E-state index contributed by atoms with van der Waals surface area (Å²) in [4.78, 5) is 6.84. The molecule has 0 aliphatic carbocycles. The lowest BCUT2D eigenvalue weighted by Crippen LogP contribution is -2.05. The third-order valence-electron chi connectivity index (χ3n) is 2.72. The topological polar surface area (TPSA) is 28.7 Å². The molecule has 1 heterocycles. The maximum Gasteiger partial charge on any atom is 0.416 e. The van der Waals surface area contributed by atoms with Gasteiger partial charge in [-0.2, -0.15) is 13.2 Å². The van der Waals surface area contributed by atoms with Crippen LogP contribution in [0.3, 0.4) is 0 Å². The number of halogens is 3. The van der Waals surface area contributed by atoms with Crippen molar-refractivity contribution >= 4 is 0 Å². The molecule has 2 aromatic rings. The van der Waals surface area contributed by atoms with Crippen LogP contribution >= 0.6 is 0 Å². The Balaban J connectivity index is 2.24. The Hall–Kier alpha value is -1.78. The van der Waals surface area contributed by atoms with E-state index in [-0.39, 0.29) is 5.92 Å². The van der Waals surface area contributed by atoms with Gasteiger partial charge in [0.05, 0.1) is 11.9 Å². The van der Waals surface area contributed by atoms with Crippen molar-refractivity contribution in [2.24, 2.45) is 0 Å². The van der Waals surface area contributed by atoms with Gasteiger partial charge in [-0.1, -0.05) is 19.1 Å². The van der Waals surface area contributed by atoms with Gasteiger partial charge in [-0.3, -0.25) is 0 Å². The fraction of sp³-hybridized carbons (Fsp3) is 0.250. The maximum absolute atomic E-state index is 12.4. The van der Waals surface area contributed by atoms with Gasteiger partial charge in [-0.25, -0.2) is 4.98 Å². The first-order valence-corrected chi connectivity index (χ1v) is 5.14. The number of aromatic nitrogens is 2. The second-order valence-electron chi connectivity index (χ2n) is 3.85. The van der Waals surface area contributed by atoms with Crippen LogP contribution in [0.1, 0.15) is 29.7 Å². The molecular weight excluding hydrogens is 229 g/mol. The molecule has 1 unspecified atom stereocenters. The zero-order valence-corrected chi connectivity index (χ0v) is 9.12. The summed E-state index contributed by atoms with van der Waals surface area (Å²) in [7, 11) is 0. The van der Waals surface area contributed by atoms with Gasteiger partial charge in [0.1, 0.15) is 0 Å². The Labute approximate surface area is 96.5 Å². The first-order valence-electron chi connectivity index (χ1n) is 5.14. The Kier molecular flexibility index (Phi) is 2.92. The van der Waals surface area contributed by atoms with Crippen LogP contribution in [0.5, 0.6) is 0 Å². The fourth-order valence-corrected chi connectivity index (χ4v) is 1.64. The van der Waals surface area contributed by atoms with E-state index in [4.69, 9.17) is 0 Å². The maximum atomic E-state index is 12.4. The van der Waals surface area contributed by atoms with E-state index in [1.54, 1.807) is 12.5 Å². The normalized spacial score (nSPS) is 13.6. The molecule has 0 saturated carbocycles. The Morgan fingerprint density at radius 3 is 2.29 bits per heavy atom. The van der Waals surface area contributed by atoms with Crippen LogP contribution in [0.25, 0.3) is 0 Å². The van der Waals surface area contributed by atoms with Crippen LogP contribution in [-0.4, -0.2) is 9.97 Å². The first kappa shape index (κ1) is 11.7. The molecule has 1 aromatic carbocycles. The molecule has 0 spiro atoms. The number of imidazole rings is 1. The van der Waals surface area contributed by atoms with Crippen LogP contribution in [0, 0.1) is 0 Å². The summed E-state index contributed by atoms with van der Waals surface area (Å²) in [6, 6.07) is 5.19. The van der Waals surface area contributed by atoms with Crippen molar-refractivity contribution < 1.29 is 13.2 Å². The number of benzene rings is 1. The van der Waals surface area contributed by atoms with Gasteiger partial charge < -0.3 is 4.98 Å². The van der Waals surface area contributed by atoms with Crippen molar-refractivity contribution in [2.75, 3.05) is 0 Å². The van der Waals surface area contributed by atoms with Crippen LogP contribution < -0.4 is 0 Å². The molecule has 0 amide bonds. The minimum Gasteiger partial charge on any atom is -0.348 e. The predicted octanol–water partition coefficient (Wildman–Crippen LogP) is 3.58. The van der Waals surface area contributed by atoms with Gasteiger partial charge >= 0.3 is 6.18 Å².